The molecule has 0 radical (unpaired) electrons. The summed E-state index contributed by atoms with van der Waals surface area (Å²) in [6.45, 7) is -0.925. The monoisotopic (exact) mass is 478 g/mol. The van der Waals surface area contributed by atoms with Gasteiger partial charge in [0.1, 0.15) is 6.54 Å². The minimum atomic E-state index is -0.771. The Kier molecular flexibility index (Phi) is 6.43. The van der Waals surface area contributed by atoms with Crippen molar-refractivity contribution in [3.63, 3.8) is 0 Å². The molecule has 0 atom stereocenters. The Labute approximate surface area is 194 Å². The quantitative estimate of drug-likeness (QED) is 0.609. The van der Waals surface area contributed by atoms with Gasteiger partial charge in [0.05, 0.1) is 10.6 Å². The Morgan fingerprint density at radius 1 is 1.00 bits per heavy atom. The van der Waals surface area contributed by atoms with E-state index in [9.17, 15) is 14.4 Å². The van der Waals surface area contributed by atoms with Crippen molar-refractivity contribution < 1.29 is 28.6 Å². The molecule has 1 aliphatic carbocycles. The second kappa shape index (κ2) is 9.26. The molecule has 0 unspecified atom stereocenters. The summed E-state index contributed by atoms with van der Waals surface area (Å²) in [5, 5.41) is 5.57. The van der Waals surface area contributed by atoms with E-state index in [2.05, 4.69) is 10.6 Å². The van der Waals surface area contributed by atoms with E-state index in [1.807, 2.05) is 0 Å². The zero-order chi connectivity index (χ0) is 22.7. The number of halogens is 2. The second-order valence-electron chi connectivity index (χ2n) is 7.50. The Morgan fingerprint density at radius 3 is 2.50 bits per heavy atom. The van der Waals surface area contributed by atoms with Crippen molar-refractivity contribution in [2.75, 3.05) is 18.5 Å². The van der Waals surface area contributed by atoms with Gasteiger partial charge >= 0.3 is 5.97 Å². The number of benzene rings is 2. The van der Waals surface area contributed by atoms with Gasteiger partial charge in [-0.3, -0.25) is 14.4 Å². The van der Waals surface area contributed by atoms with Crippen molar-refractivity contribution in [3.8, 4) is 11.5 Å². The van der Waals surface area contributed by atoms with Crippen molar-refractivity contribution in [2.45, 2.75) is 31.5 Å². The number of carbonyl (C=O) groups excluding carboxylic acids is 3. The van der Waals surface area contributed by atoms with Gasteiger partial charge in [-0.2, -0.15) is 0 Å². The van der Waals surface area contributed by atoms with E-state index < -0.39 is 36.7 Å². The van der Waals surface area contributed by atoms with Gasteiger partial charge in [-0.05, 0) is 43.2 Å². The molecule has 2 aromatic carbocycles. The summed E-state index contributed by atoms with van der Waals surface area (Å²) >= 11 is 11.8. The molecule has 8 nitrogen and oxygen atoms in total. The number of nitrogens with one attached hydrogen (secondary N) is 2. The first-order chi connectivity index (χ1) is 15.3. The number of rotatable bonds is 6. The van der Waals surface area contributed by atoms with E-state index in [1.165, 1.54) is 18.2 Å². The van der Waals surface area contributed by atoms with E-state index in [-0.39, 0.29) is 10.6 Å². The van der Waals surface area contributed by atoms with Crippen LogP contribution in [0, 0.1) is 0 Å². The number of hydrogen-bond acceptors (Lipinski definition) is 6. The molecule has 2 aliphatic rings. The minimum absolute atomic E-state index is 0.158. The summed E-state index contributed by atoms with van der Waals surface area (Å²) in [4.78, 5) is 36.1. The molecular formula is C22H20Cl2N2O6. The van der Waals surface area contributed by atoms with Crippen LogP contribution in [-0.4, -0.2) is 36.7 Å². The van der Waals surface area contributed by atoms with Crippen molar-refractivity contribution in [1.29, 1.82) is 0 Å². The summed E-state index contributed by atoms with van der Waals surface area (Å²) in [6.07, 6.45) is 3.77. The molecule has 1 saturated carbocycles. The van der Waals surface area contributed by atoms with Crippen LogP contribution in [0.4, 0.5) is 5.69 Å². The van der Waals surface area contributed by atoms with Crippen LogP contribution < -0.4 is 20.1 Å². The molecule has 1 aliphatic heterocycles. The number of carbonyl (C=O) groups is 3. The highest BCUT2D eigenvalue weighted by Gasteiger charge is 2.44. The molecule has 4 rings (SSSR count). The third kappa shape index (κ3) is 5.08. The molecule has 10 heteroatoms. The lowest BCUT2D eigenvalue weighted by Crippen LogP contribution is -2.34. The lowest BCUT2D eigenvalue weighted by molar-refractivity contribution is -0.146. The van der Waals surface area contributed by atoms with Crippen molar-refractivity contribution in [3.05, 3.63) is 52.0 Å². The van der Waals surface area contributed by atoms with Crippen LogP contribution in [-0.2, 0) is 14.3 Å². The van der Waals surface area contributed by atoms with Crippen LogP contribution in [0.3, 0.4) is 0 Å². The lowest BCUT2D eigenvalue weighted by Gasteiger charge is -2.21. The fourth-order valence-electron chi connectivity index (χ4n) is 3.60. The standard InChI is InChI=1S/C22H20Cl2N2O6/c23-13-3-5-15(16(24)9-13)21(29)25-11-20(28)30-12-19(27)26-14-4-6-17-18(10-14)32-22(31-17)7-1-2-8-22/h3-6,9-10H,1-2,7-8,11-12H2,(H,25,29)(H,26,27). The molecule has 2 N–H and O–H groups in total. The maximum atomic E-state index is 12.1. The van der Waals surface area contributed by atoms with Crippen molar-refractivity contribution >= 4 is 46.7 Å². The zero-order valence-electron chi connectivity index (χ0n) is 16.9. The third-order valence-corrected chi connectivity index (χ3v) is 5.67. The van der Waals surface area contributed by atoms with Crippen LogP contribution in [0.15, 0.2) is 36.4 Å². The third-order valence-electron chi connectivity index (χ3n) is 5.12. The van der Waals surface area contributed by atoms with E-state index in [0.29, 0.717) is 22.2 Å². The smallest absolute Gasteiger partial charge is 0.325 e. The van der Waals surface area contributed by atoms with E-state index >= 15 is 0 Å². The average Bonchev–Trinajstić information content (AvgIpc) is 3.35. The molecule has 1 heterocycles. The largest absolute Gasteiger partial charge is 0.454 e. The van der Waals surface area contributed by atoms with E-state index in [0.717, 1.165) is 25.7 Å². The normalized spacial score (nSPS) is 15.4. The predicted molar refractivity (Wildman–Crippen MR) is 117 cm³/mol. The number of esters is 1. The van der Waals surface area contributed by atoms with Gasteiger partial charge in [0.2, 0.25) is 0 Å². The molecule has 0 saturated heterocycles. The molecule has 1 fully saturated rings. The minimum Gasteiger partial charge on any atom is -0.454 e. The molecule has 0 bridgehead atoms. The van der Waals surface area contributed by atoms with Crippen LogP contribution >= 0.6 is 23.2 Å². The molecule has 2 amide bonds. The van der Waals surface area contributed by atoms with Gasteiger partial charge in [0, 0.05) is 29.6 Å². The Hall–Kier alpha value is -2.97. The highest BCUT2D eigenvalue weighted by molar-refractivity contribution is 6.36. The number of ether oxygens (including phenoxy) is 3. The van der Waals surface area contributed by atoms with Crippen LogP contribution in [0.25, 0.3) is 0 Å². The summed E-state index contributed by atoms with van der Waals surface area (Å²) in [5.41, 5.74) is 0.665. The fourth-order valence-corrected chi connectivity index (χ4v) is 4.10. The number of amides is 2. The molecule has 2 aromatic rings. The van der Waals surface area contributed by atoms with Gasteiger partial charge in [-0.1, -0.05) is 23.2 Å². The lowest BCUT2D eigenvalue weighted by atomic mass is 10.2. The van der Waals surface area contributed by atoms with Crippen molar-refractivity contribution in [2.24, 2.45) is 0 Å². The summed E-state index contributed by atoms with van der Waals surface area (Å²) < 4.78 is 16.8. The first-order valence-electron chi connectivity index (χ1n) is 10.0. The highest BCUT2D eigenvalue weighted by Crippen LogP contribution is 2.47. The van der Waals surface area contributed by atoms with Gasteiger partial charge < -0.3 is 24.8 Å². The summed E-state index contributed by atoms with van der Waals surface area (Å²) in [5.74, 6) is -1.22. The predicted octanol–water partition coefficient (Wildman–Crippen LogP) is 3.95. The van der Waals surface area contributed by atoms with Crippen LogP contribution in [0.2, 0.25) is 10.0 Å². The first-order valence-corrected chi connectivity index (χ1v) is 10.8. The van der Waals surface area contributed by atoms with Gasteiger partial charge in [-0.25, -0.2) is 0 Å². The molecular weight excluding hydrogens is 459 g/mol. The topological polar surface area (TPSA) is 103 Å². The molecule has 32 heavy (non-hydrogen) atoms. The number of fused-ring (bicyclic) bond motifs is 1. The van der Waals surface area contributed by atoms with Crippen LogP contribution in [0.5, 0.6) is 11.5 Å². The molecule has 1 spiro atoms. The second-order valence-corrected chi connectivity index (χ2v) is 8.34. The first kappa shape index (κ1) is 22.2. The fraction of sp³-hybridized carbons (Fsp3) is 0.318. The Morgan fingerprint density at radius 2 is 1.75 bits per heavy atom. The van der Waals surface area contributed by atoms with Gasteiger partial charge in [0.25, 0.3) is 17.6 Å². The maximum absolute atomic E-state index is 12.1. The van der Waals surface area contributed by atoms with E-state index in [1.54, 1.807) is 18.2 Å². The number of anilines is 1. The average molecular weight is 479 g/mol. The number of hydrogen-bond donors (Lipinski definition) is 2. The van der Waals surface area contributed by atoms with Crippen LogP contribution in [0.1, 0.15) is 36.0 Å². The van der Waals surface area contributed by atoms with Crippen molar-refractivity contribution in [1.82, 2.24) is 5.32 Å². The maximum Gasteiger partial charge on any atom is 0.325 e. The van der Waals surface area contributed by atoms with E-state index in [4.69, 9.17) is 37.4 Å². The zero-order valence-corrected chi connectivity index (χ0v) is 18.4. The molecule has 0 aromatic heterocycles. The Balaban J connectivity index is 1.22. The van der Waals surface area contributed by atoms with Gasteiger partial charge in [-0.15, -0.1) is 0 Å². The summed E-state index contributed by atoms with van der Waals surface area (Å²) in [7, 11) is 0. The SMILES string of the molecule is O=C(COC(=O)CNC(=O)c1ccc(Cl)cc1Cl)Nc1ccc2c(c1)OC1(CCCC1)O2. The Bertz CT molecular complexity index is 1070. The molecule has 168 valence electrons. The summed E-state index contributed by atoms with van der Waals surface area (Å²) in [6, 6.07) is 9.48. The highest BCUT2D eigenvalue weighted by atomic mass is 35.5. The van der Waals surface area contributed by atoms with Gasteiger partial charge in [0.15, 0.2) is 18.1 Å².